The molecule has 1 aromatic carbocycles. The van der Waals surface area contributed by atoms with Crippen molar-refractivity contribution in [3.63, 3.8) is 0 Å². The number of halogens is 3. The van der Waals surface area contributed by atoms with E-state index in [1.807, 2.05) is 13.0 Å². The van der Waals surface area contributed by atoms with Crippen LogP contribution < -0.4 is 0 Å². The molecule has 0 heterocycles. The molecule has 0 radical (unpaired) electrons. The van der Waals surface area contributed by atoms with Crippen molar-refractivity contribution in [3.05, 3.63) is 40.2 Å². The second-order valence-corrected chi connectivity index (χ2v) is 3.95. The third-order valence-corrected chi connectivity index (χ3v) is 2.90. The Morgan fingerprint density at radius 1 is 1.57 bits per heavy atom. The van der Waals surface area contributed by atoms with Crippen molar-refractivity contribution < 1.29 is 4.39 Å². The van der Waals surface area contributed by atoms with Gasteiger partial charge in [0.2, 0.25) is 0 Å². The Balaban J connectivity index is 3.06. The number of benzene rings is 1. The maximum absolute atomic E-state index is 13.3. The Hall–Kier alpha value is -0.340. The van der Waals surface area contributed by atoms with Crippen molar-refractivity contribution in [1.29, 1.82) is 0 Å². The zero-order valence-corrected chi connectivity index (χ0v) is 10.2. The van der Waals surface area contributed by atoms with E-state index in [4.69, 9.17) is 11.6 Å². The highest BCUT2D eigenvalue weighted by molar-refractivity contribution is 9.09. The molecule has 3 heteroatoms. The van der Waals surface area contributed by atoms with Gasteiger partial charge in [0.25, 0.3) is 0 Å². The Morgan fingerprint density at radius 3 is 2.86 bits per heavy atom. The minimum atomic E-state index is -0.235. The van der Waals surface area contributed by atoms with Crippen molar-refractivity contribution >= 4 is 33.6 Å². The van der Waals surface area contributed by atoms with Gasteiger partial charge < -0.3 is 0 Å². The van der Waals surface area contributed by atoms with Gasteiger partial charge in [-0.2, -0.15) is 0 Å². The summed E-state index contributed by atoms with van der Waals surface area (Å²) in [6.07, 6.45) is 2.73. The summed E-state index contributed by atoms with van der Waals surface area (Å²) >= 11 is 9.13. The van der Waals surface area contributed by atoms with E-state index in [9.17, 15) is 4.39 Å². The van der Waals surface area contributed by atoms with Gasteiger partial charge in [0.1, 0.15) is 5.82 Å². The van der Waals surface area contributed by atoms with E-state index in [-0.39, 0.29) is 5.82 Å². The largest absolute Gasteiger partial charge is 0.206 e. The Labute approximate surface area is 96.9 Å². The predicted molar refractivity (Wildman–Crippen MR) is 63.5 cm³/mol. The van der Waals surface area contributed by atoms with Gasteiger partial charge in [-0.15, -0.1) is 0 Å². The molecule has 76 valence electrons. The van der Waals surface area contributed by atoms with E-state index in [0.717, 1.165) is 17.3 Å². The van der Waals surface area contributed by atoms with Crippen LogP contribution in [0.4, 0.5) is 4.39 Å². The average molecular weight is 278 g/mol. The van der Waals surface area contributed by atoms with Crippen LogP contribution in [-0.4, -0.2) is 5.33 Å². The lowest BCUT2D eigenvalue weighted by Crippen LogP contribution is -1.86. The standard InChI is InChI=1S/C11H11BrClF/c1-2-8(7-12)5-9-6-10(13)3-4-11(9)14/h3-6H,2,7H2,1H3/b8-5-. The smallest absolute Gasteiger partial charge is 0.130 e. The summed E-state index contributed by atoms with van der Waals surface area (Å²) < 4.78 is 13.3. The molecule has 1 rings (SSSR count). The molecular formula is C11H11BrClF. The van der Waals surface area contributed by atoms with Crippen LogP contribution in [0.1, 0.15) is 18.9 Å². The summed E-state index contributed by atoms with van der Waals surface area (Å²) in [5, 5.41) is 1.32. The van der Waals surface area contributed by atoms with E-state index in [1.54, 1.807) is 12.1 Å². The van der Waals surface area contributed by atoms with Gasteiger partial charge in [-0.1, -0.05) is 46.1 Å². The molecule has 0 saturated carbocycles. The summed E-state index contributed by atoms with van der Waals surface area (Å²) in [6, 6.07) is 4.57. The lowest BCUT2D eigenvalue weighted by atomic mass is 10.1. The number of alkyl halides is 1. The van der Waals surface area contributed by atoms with Crippen LogP contribution in [0.25, 0.3) is 6.08 Å². The van der Waals surface area contributed by atoms with Gasteiger partial charge >= 0.3 is 0 Å². The quantitative estimate of drug-likeness (QED) is 0.705. The van der Waals surface area contributed by atoms with Crippen LogP contribution in [0.5, 0.6) is 0 Å². The van der Waals surface area contributed by atoms with Gasteiger partial charge in [0.05, 0.1) is 0 Å². The molecule has 0 N–H and O–H groups in total. The molecule has 0 aliphatic carbocycles. The van der Waals surface area contributed by atoms with Crippen LogP contribution in [-0.2, 0) is 0 Å². The first-order valence-corrected chi connectivity index (χ1v) is 5.87. The topological polar surface area (TPSA) is 0 Å². The molecule has 0 aliphatic rings. The van der Waals surface area contributed by atoms with Crippen molar-refractivity contribution in [2.75, 3.05) is 5.33 Å². The van der Waals surface area contributed by atoms with Gasteiger partial charge in [-0.05, 0) is 24.6 Å². The first-order chi connectivity index (χ1) is 6.67. The molecular weight excluding hydrogens is 266 g/mol. The van der Waals surface area contributed by atoms with Gasteiger partial charge in [0.15, 0.2) is 0 Å². The average Bonchev–Trinajstić information content (AvgIpc) is 2.19. The van der Waals surface area contributed by atoms with Crippen molar-refractivity contribution in [2.45, 2.75) is 13.3 Å². The van der Waals surface area contributed by atoms with Gasteiger partial charge in [-0.25, -0.2) is 4.39 Å². The normalized spacial score (nSPS) is 11.9. The van der Waals surface area contributed by atoms with Crippen LogP contribution in [0.2, 0.25) is 5.02 Å². The monoisotopic (exact) mass is 276 g/mol. The van der Waals surface area contributed by atoms with E-state index < -0.39 is 0 Å². The predicted octanol–water partition coefficient (Wildman–Crippen LogP) is 4.67. The lowest BCUT2D eigenvalue weighted by Gasteiger charge is -2.01. The minimum Gasteiger partial charge on any atom is -0.206 e. The molecule has 0 amide bonds. The molecule has 0 spiro atoms. The fraction of sp³-hybridized carbons (Fsp3) is 0.273. The van der Waals surface area contributed by atoms with E-state index in [0.29, 0.717) is 10.6 Å². The molecule has 0 aliphatic heterocycles. The summed E-state index contributed by atoms with van der Waals surface area (Å²) in [5.74, 6) is -0.235. The van der Waals surface area contributed by atoms with Crippen LogP contribution in [0, 0.1) is 5.82 Å². The molecule has 0 fully saturated rings. The number of hydrogen-bond donors (Lipinski definition) is 0. The highest BCUT2D eigenvalue weighted by Crippen LogP contribution is 2.19. The first kappa shape index (κ1) is 11.7. The fourth-order valence-corrected chi connectivity index (χ4v) is 1.82. The third-order valence-electron chi connectivity index (χ3n) is 1.94. The molecule has 0 saturated heterocycles. The summed E-state index contributed by atoms with van der Waals surface area (Å²) in [5.41, 5.74) is 1.69. The van der Waals surface area contributed by atoms with Gasteiger partial charge in [-0.3, -0.25) is 0 Å². The van der Waals surface area contributed by atoms with Crippen molar-refractivity contribution in [1.82, 2.24) is 0 Å². The summed E-state index contributed by atoms with van der Waals surface area (Å²) in [6.45, 7) is 2.04. The highest BCUT2D eigenvalue weighted by Gasteiger charge is 2.01. The van der Waals surface area contributed by atoms with Crippen molar-refractivity contribution in [2.24, 2.45) is 0 Å². The number of hydrogen-bond acceptors (Lipinski definition) is 0. The zero-order valence-electron chi connectivity index (χ0n) is 7.86. The SMILES string of the molecule is CC/C(=C/c1cc(Cl)ccc1F)CBr. The minimum absolute atomic E-state index is 0.235. The van der Waals surface area contributed by atoms with Gasteiger partial charge in [0, 0.05) is 15.9 Å². The Kier molecular flexibility index (Phi) is 4.63. The second-order valence-electron chi connectivity index (χ2n) is 2.96. The van der Waals surface area contributed by atoms with Crippen LogP contribution >= 0.6 is 27.5 Å². The van der Waals surface area contributed by atoms with Crippen molar-refractivity contribution in [3.8, 4) is 0 Å². The molecule has 0 bridgehead atoms. The summed E-state index contributed by atoms with van der Waals surface area (Å²) in [7, 11) is 0. The third kappa shape index (κ3) is 3.10. The fourth-order valence-electron chi connectivity index (χ4n) is 1.08. The zero-order chi connectivity index (χ0) is 10.6. The van der Waals surface area contributed by atoms with E-state index >= 15 is 0 Å². The number of rotatable bonds is 3. The number of allylic oxidation sites excluding steroid dienone is 1. The molecule has 0 aromatic heterocycles. The molecule has 1 aromatic rings. The van der Waals surface area contributed by atoms with Crippen LogP contribution in [0.15, 0.2) is 23.8 Å². The van der Waals surface area contributed by atoms with E-state index in [1.165, 1.54) is 6.07 Å². The Bertz CT molecular complexity index is 341. The molecule has 0 atom stereocenters. The maximum Gasteiger partial charge on any atom is 0.130 e. The van der Waals surface area contributed by atoms with Crippen LogP contribution in [0.3, 0.4) is 0 Å². The lowest BCUT2D eigenvalue weighted by molar-refractivity contribution is 0.625. The molecule has 0 unspecified atom stereocenters. The summed E-state index contributed by atoms with van der Waals surface area (Å²) in [4.78, 5) is 0. The van der Waals surface area contributed by atoms with E-state index in [2.05, 4.69) is 15.9 Å². The second kappa shape index (κ2) is 5.52. The first-order valence-electron chi connectivity index (χ1n) is 4.37. The molecule has 14 heavy (non-hydrogen) atoms. The molecule has 0 nitrogen and oxygen atoms in total. The highest BCUT2D eigenvalue weighted by atomic mass is 79.9. The maximum atomic E-state index is 13.3. The Morgan fingerprint density at radius 2 is 2.29 bits per heavy atom.